The van der Waals surface area contributed by atoms with E-state index in [9.17, 15) is 4.79 Å². The minimum Gasteiger partial charge on any atom is -0.364 e. The summed E-state index contributed by atoms with van der Waals surface area (Å²) in [5.41, 5.74) is 6.40. The van der Waals surface area contributed by atoms with E-state index >= 15 is 0 Å². The van der Waals surface area contributed by atoms with Crippen molar-refractivity contribution in [2.45, 2.75) is 0 Å². The first-order valence-electron chi connectivity index (χ1n) is 4.23. The lowest BCUT2D eigenvalue weighted by Gasteiger charge is -1.99. The summed E-state index contributed by atoms with van der Waals surface area (Å²) in [6.07, 6.45) is 0. The number of nitrogens with zero attached hydrogens (tertiary/aromatic N) is 2. The van der Waals surface area contributed by atoms with E-state index in [0.717, 1.165) is 0 Å². The second kappa shape index (κ2) is 3.39. The number of nitriles is 1. The van der Waals surface area contributed by atoms with Crippen LogP contribution in [0.5, 0.6) is 0 Å². The molecule has 4 heteroatoms. The van der Waals surface area contributed by atoms with Crippen LogP contribution in [0.4, 0.5) is 0 Å². The predicted octanol–water partition coefficient (Wildman–Crippen LogP) is 1.01. The molecule has 15 heavy (non-hydrogen) atoms. The van der Waals surface area contributed by atoms with E-state index in [0.29, 0.717) is 16.5 Å². The van der Waals surface area contributed by atoms with Gasteiger partial charge in [-0.2, -0.15) is 5.26 Å². The number of carbonyl (C=O) groups is 1. The van der Waals surface area contributed by atoms with Crippen molar-refractivity contribution in [3.8, 4) is 6.07 Å². The van der Waals surface area contributed by atoms with Crippen LogP contribution in [0.2, 0.25) is 0 Å². The molecule has 0 unspecified atom stereocenters. The number of rotatable bonds is 1. The van der Waals surface area contributed by atoms with Crippen LogP contribution in [0.25, 0.3) is 10.9 Å². The molecular formula is C11H6N3O. The SMILES string of the molecule is N#Cc1ccc2nc(C(N)=O)c[c]c2c1. The van der Waals surface area contributed by atoms with Crippen molar-refractivity contribution in [1.82, 2.24) is 4.98 Å². The molecule has 0 aliphatic carbocycles. The number of carbonyl (C=O) groups excluding carboxylic acids is 1. The van der Waals surface area contributed by atoms with E-state index in [1.807, 2.05) is 6.07 Å². The van der Waals surface area contributed by atoms with Gasteiger partial charge in [0.05, 0.1) is 17.1 Å². The van der Waals surface area contributed by atoms with Crippen molar-refractivity contribution in [1.29, 1.82) is 5.26 Å². The Morgan fingerprint density at radius 2 is 2.33 bits per heavy atom. The van der Waals surface area contributed by atoms with Crippen molar-refractivity contribution < 1.29 is 4.79 Å². The predicted molar refractivity (Wildman–Crippen MR) is 53.8 cm³/mol. The van der Waals surface area contributed by atoms with Crippen LogP contribution in [-0.4, -0.2) is 10.9 Å². The van der Waals surface area contributed by atoms with Crippen LogP contribution in [-0.2, 0) is 0 Å². The first-order valence-corrected chi connectivity index (χ1v) is 4.23. The number of hydrogen-bond donors (Lipinski definition) is 1. The number of fused-ring (bicyclic) bond motifs is 1. The molecule has 0 aliphatic heterocycles. The van der Waals surface area contributed by atoms with Crippen molar-refractivity contribution in [2.24, 2.45) is 5.73 Å². The first kappa shape index (κ1) is 9.16. The molecule has 0 aliphatic rings. The Kier molecular flexibility index (Phi) is 2.07. The number of primary amides is 1. The van der Waals surface area contributed by atoms with Crippen molar-refractivity contribution in [3.05, 3.63) is 41.6 Å². The van der Waals surface area contributed by atoms with Gasteiger partial charge in [-0.3, -0.25) is 4.79 Å². The van der Waals surface area contributed by atoms with Gasteiger partial charge in [0.25, 0.3) is 5.91 Å². The monoisotopic (exact) mass is 196 g/mol. The number of amides is 1. The highest BCUT2D eigenvalue weighted by Gasteiger charge is 2.03. The van der Waals surface area contributed by atoms with Gasteiger partial charge in [0.1, 0.15) is 5.69 Å². The molecular weight excluding hydrogens is 190 g/mol. The van der Waals surface area contributed by atoms with Crippen LogP contribution in [0, 0.1) is 17.4 Å². The number of hydrogen-bond acceptors (Lipinski definition) is 3. The van der Waals surface area contributed by atoms with Gasteiger partial charge in [-0.15, -0.1) is 0 Å². The lowest BCUT2D eigenvalue weighted by Crippen LogP contribution is -2.12. The Labute approximate surface area is 86.0 Å². The highest BCUT2D eigenvalue weighted by atomic mass is 16.1. The third kappa shape index (κ3) is 1.63. The van der Waals surface area contributed by atoms with Gasteiger partial charge in [-0.05, 0) is 30.3 Å². The molecule has 2 N–H and O–H groups in total. The van der Waals surface area contributed by atoms with Gasteiger partial charge in [0, 0.05) is 5.39 Å². The van der Waals surface area contributed by atoms with Gasteiger partial charge >= 0.3 is 0 Å². The summed E-state index contributed by atoms with van der Waals surface area (Å²) >= 11 is 0. The van der Waals surface area contributed by atoms with E-state index in [2.05, 4.69) is 11.1 Å². The summed E-state index contributed by atoms with van der Waals surface area (Å²) in [5.74, 6) is -0.586. The lowest BCUT2D eigenvalue weighted by atomic mass is 10.1. The fraction of sp³-hybridized carbons (Fsp3) is 0. The molecule has 0 bridgehead atoms. The molecule has 1 amide bonds. The molecule has 71 valence electrons. The quantitative estimate of drug-likeness (QED) is 0.738. The van der Waals surface area contributed by atoms with Gasteiger partial charge < -0.3 is 5.73 Å². The molecule has 1 radical (unpaired) electrons. The van der Waals surface area contributed by atoms with E-state index in [1.54, 1.807) is 18.2 Å². The van der Waals surface area contributed by atoms with Crippen LogP contribution in [0.3, 0.4) is 0 Å². The maximum atomic E-state index is 10.9. The average molecular weight is 196 g/mol. The van der Waals surface area contributed by atoms with E-state index in [4.69, 9.17) is 11.0 Å². The summed E-state index contributed by atoms with van der Waals surface area (Å²) in [7, 11) is 0. The molecule has 4 nitrogen and oxygen atoms in total. The third-order valence-corrected chi connectivity index (χ3v) is 1.98. The molecule has 1 heterocycles. The third-order valence-electron chi connectivity index (χ3n) is 1.98. The summed E-state index contributed by atoms with van der Waals surface area (Å²) < 4.78 is 0. The highest BCUT2D eigenvalue weighted by Crippen LogP contribution is 2.13. The Balaban J connectivity index is 2.66. The number of pyridine rings is 1. The first-order chi connectivity index (χ1) is 7.20. The van der Waals surface area contributed by atoms with Gasteiger partial charge in [-0.25, -0.2) is 4.98 Å². The number of nitrogens with two attached hydrogens (primary N) is 1. The minimum absolute atomic E-state index is 0.173. The topological polar surface area (TPSA) is 79.8 Å². The van der Waals surface area contributed by atoms with Crippen molar-refractivity contribution in [3.63, 3.8) is 0 Å². The zero-order valence-corrected chi connectivity index (χ0v) is 7.69. The fourth-order valence-corrected chi connectivity index (χ4v) is 1.25. The van der Waals surface area contributed by atoms with Crippen LogP contribution in [0.15, 0.2) is 24.3 Å². The summed E-state index contributed by atoms with van der Waals surface area (Å²) in [6.45, 7) is 0. The van der Waals surface area contributed by atoms with E-state index in [1.165, 1.54) is 6.07 Å². The van der Waals surface area contributed by atoms with Crippen LogP contribution < -0.4 is 5.73 Å². The second-order valence-corrected chi connectivity index (χ2v) is 2.99. The molecule has 0 saturated heterocycles. The van der Waals surface area contributed by atoms with Crippen LogP contribution in [0.1, 0.15) is 16.1 Å². The van der Waals surface area contributed by atoms with Gasteiger partial charge in [0.15, 0.2) is 0 Å². The Morgan fingerprint density at radius 1 is 1.53 bits per heavy atom. The largest absolute Gasteiger partial charge is 0.364 e. The Morgan fingerprint density at radius 3 is 3.00 bits per heavy atom. The zero-order chi connectivity index (χ0) is 10.8. The normalized spacial score (nSPS) is 9.80. The second-order valence-electron chi connectivity index (χ2n) is 2.99. The molecule has 0 fully saturated rings. The standard InChI is InChI=1S/C11H6N3O/c12-6-7-1-3-9-8(5-7)2-4-10(14-9)11(13)15/h1,3-5H,(H2,13,15). The highest BCUT2D eigenvalue weighted by molar-refractivity contribution is 5.93. The number of benzene rings is 1. The molecule has 0 saturated carbocycles. The molecule has 2 aromatic rings. The van der Waals surface area contributed by atoms with Crippen LogP contribution >= 0.6 is 0 Å². The molecule has 0 spiro atoms. The van der Waals surface area contributed by atoms with Crippen molar-refractivity contribution in [2.75, 3.05) is 0 Å². The molecule has 2 rings (SSSR count). The van der Waals surface area contributed by atoms with E-state index in [-0.39, 0.29) is 5.69 Å². The maximum Gasteiger partial charge on any atom is 0.267 e. The van der Waals surface area contributed by atoms with E-state index < -0.39 is 5.91 Å². The number of aromatic nitrogens is 1. The van der Waals surface area contributed by atoms with Gasteiger partial charge in [0.2, 0.25) is 0 Å². The summed E-state index contributed by atoms with van der Waals surface area (Å²) in [6, 6.07) is 11.3. The fourth-order valence-electron chi connectivity index (χ4n) is 1.25. The molecule has 0 atom stereocenters. The minimum atomic E-state index is -0.586. The molecule has 1 aromatic carbocycles. The van der Waals surface area contributed by atoms with Gasteiger partial charge in [-0.1, -0.05) is 0 Å². The van der Waals surface area contributed by atoms with Crippen molar-refractivity contribution >= 4 is 16.8 Å². The Bertz CT molecular complexity index is 584. The zero-order valence-electron chi connectivity index (χ0n) is 7.69. The lowest BCUT2D eigenvalue weighted by molar-refractivity contribution is 0.0996. The maximum absolute atomic E-state index is 10.9. The smallest absolute Gasteiger partial charge is 0.267 e. The summed E-state index contributed by atoms with van der Waals surface area (Å²) in [5, 5.41) is 9.38. The molecule has 1 aromatic heterocycles. The Hall–Kier alpha value is -2.41. The summed E-state index contributed by atoms with van der Waals surface area (Å²) in [4.78, 5) is 14.9. The average Bonchev–Trinajstić information content (AvgIpc) is 2.27.